The zero-order chi connectivity index (χ0) is 10.0. The zero-order valence-corrected chi connectivity index (χ0v) is 6.41. The largest absolute Gasteiger partial charge is 0.236 e. The van der Waals surface area contributed by atoms with Crippen LogP contribution in [-0.2, 0) is 11.5 Å². The summed E-state index contributed by atoms with van der Waals surface area (Å²) in [6, 6.07) is 0.492. The first kappa shape index (κ1) is 9.98. The molecule has 0 aliphatic heterocycles. The SMILES string of the molecule is [O]CCc1cc(F)c(F)c(F)c1F. The van der Waals surface area contributed by atoms with Gasteiger partial charge in [0.1, 0.15) is 0 Å². The maximum atomic E-state index is 12.7. The Morgan fingerprint density at radius 3 is 2.15 bits per heavy atom. The van der Waals surface area contributed by atoms with Crippen LogP contribution < -0.4 is 0 Å². The van der Waals surface area contributed by atoms with Crippen LogP contribution in [0, 0.1) is 23.3 Å². The zero-order valence-electron chi connectivity index (χ0n) is 6.41. The fraction of sp³-hybridized carbons (Fsp3) is 0.250. The molecule has 0 bridgehead atoms. The van der Waals surface area contributed by atoms with Crippen LogP contribution in [0.3, 0.4) is 0 Å². The third-order valence-electron chi connectivity index (χ3n) is 1.55. The Balaban J connectivity index is 3.24. The van der Waals surface area contributed by atoms with Crippen LogP contribution in [0.5, 0.6) is 0 Å². The smallest absolute Gasteiger partial charge is 0.197 e. The van der Waals surface area contributed by atoms with Gasteiger partial charge in [0.15, 0.2) is 23.3 Å². The molecular formula is C8H5F4O. The molecule has 1 rings (SSSR count). The standard InChI is InChI=1S/C8H5F4O/c9-5-3-4(1-2-13)6(10)8(12)7(5)11/h3H,1-2H2. The Bertz CT molecular complexity index is 324. The van der Waals surface area contributed by atoms with Crippen LogP contribution in [-0.4, -0.2) is 6.61 Å². The maximum Gasteiger partial charge on any atom is 0.197 e. The van der Waals surface area contributed by atoms with Crippen molar-refractivity contribution in [3.05, 3.63) is 34.9 Å². The summed E-state index contributed by atoms with van der Waals surface area (Å²) in [6.45, 7) is -0.707. The molecule has 1 radical (unpaired) electrons. The lowest BCUT2D eigenvalue weighted by Crippen LogP contribution is -2.02. The highest BCUT2D eigenvalue weighted by Gasteiger charge is 2.18. The van der Waals surface area contributed by atoms with E-state index in [0.29, 0.717) is 6.07 Å². The number of hydrogen-bond donors (Lipinski definition) is 0. The van der Waals surface area contributed by atoms with Gasteiger partial charge in [0, 0.05) is 6.42 Å². The summed E-state index contributed by atoms with van der Waals surface area (Å²) in [6.07, 6.45) is -0.361. The quantitative estimate of drug-likeness (QED) is 0.390. The third-order valence-corrected chi connectivity index (χ3v) is 1.55. The van der Waals surface area contributed by atoms with Crippen LogP contribution in [0.25, 0.3) is 0 Å². The Morgan fingerprint density at radius 2 is 1.62 bits per heavy atom. The minimum Gasteiger partial charge on any atom is -0.236 e. The summed E-state index contributed by atoms with van der Waals surface area (Å²) in [5, 5.41) is 10.1. The molecule has 5 heteroatoms. The molecule has 0 atom stereocenters. The van der Waals surface area contributed by atoms with Crippen molar-refractivity contribution in [1.29, 1.82) is 0 Å². The maximum absolute atomic E-state index is 12.7. The first-order valence-electron chi connectivity index (χ1n) is 3.48. The Labute approximate surface area is 71.6 Å². The summed E-state index contributed by atoms with van der Waals surface area (Å²) in [4.78, 5) is 0. The minimum absolute atomic E-state index is 0.361. The van der Waals surface area contributed by atoms with Gasteiger partial charge in [-0.2, -0.15) is 0 Å². The lowest BCUT2D eigenvalue weighted by Gasteiger charge is -2.02. The van der Waals surface area contributed by atoms with E-state index in [1.807, 2.05) is 0 Å². The van der Waals surface area contributed by atoms with Crippen LogP contribution in [0.4, 0.5) is 17.6 Å². The molecule has 0 unspecified atom stereocenters. The molecule has 71 valence electrons. The third kappa shape index (κ3) is 1.80. The number of halogens is 4. The minimum atomic E-state index is -1.87. The number of hydrogen-bond acceptors (Lipinski definition) is 0. The van der Waals surface area contributed by atoms with Gasteiger partial charge in [0.2, 0.25) is 0 Å². The molecule has 0 fully saturated rings. The second-order valence-electron chi connectivity index (χ2n) is 2.41. The first-order valence-corrected chi connectivity index (χ1v) is 3.48. The Kier molecular flexibility index (Phi) is 2.87. The molecule has 0 N–H and O–H groups in total. The van der Waals surface area contributed by atoms with Crippen molar-refractivity contribution in [2.24, 2.45) is 0 Å². The molecule has 0 aromatic heterocycles. The normalized spacial score (nSPS) is 10.5. The van der Waals surface area contributed by atoms with E-state index in [1.54, 1.807) is 0 Å². The predicted octanol–water partition coefficient (Wildman–Crippen LogP) is 2.22. The van der Waals surface area contributed by atoms with Crippen molar-refractivity contribution in [1.82, 2.24) is 0 Å². The highest BCUT2D eigenvalue weighted by molar-refractivity contribution is 5.21. The van der Waals surface area contributed by atoms with Gasteiger partial charge in [-0.15, -0.1) is 0 Å². The Hall–Kier alpha value is -1.10. The van der Waals surface area contributed by atoms with E-state index in [1.165, 1.54) is 0 Å². The topological polar surface area (TPSA) is 19.9 Å². The van der Waals surface area contributed by atoms with Gasteiger partial charge in [-0.1, -0.05) is 0 Å². The van der Waals surface area contributed by atoms with Crippen molar-refractivity contribution < 1.29 is 22.7 Å². The van der Waals surface area contributed by atoms with Gasteiger partial charge in [-0.3, -0.25) is 0 Å². The average Bonchev–Trinajstić information content (AvgIpc) is 2.11. The molecule has 0 aliphatic carbocycles. The van der Waals surface area contributed by atoms with Gasteiger partial charge >= 0.3 is 0 Å². The van der Waals surface area contributed by atoms with Gasteiger partial charge in [0.25, 0.3) is 0 Å². The first-order chi connectivity index (χ1) is 6.07. The molecule has 0 aliphatic rings. The van der Waals surface area contributed by atoms with E-state index in [0.717, 1.165) is 0 Å². The predicted molar refractivity (Wildman–Crippen MR) is 35.5 cm³/mol. The monoisotopic (exact) mass is 193 g/mol. The molecule has 0 saturated heterocycles. The molecule has 13 heavy (non-hydrogen) atoms. The van der Waals surface area contributed by atoms with Crippen molar-refractivity contribution in [3.63, 3.8) is 0 Å². The molecule has 1 nitrogen and oxygen atoms in total. The van der Waals surface area contributed by atoms with Crippen molar-refractivity contribution in [3.8, 4) is 0 Å². The van der Waals surface area contributed by atoms with Crippen LogP contribution in [0.15, 0.2) is 6.07 Å². The van der Waals surface area contributed by atoms with Gasteiger partial charge in [-0.25, -0.2) is 22.7 Å². The highest BCUT2D eigenvalue weighted by Crippen LogP contribution is 2.18. The van der Waals surface area contributed by atoms with E-state index in [-0.39, 0.29) is 6.42 Å². The van der Waals surface area contributed by atoms with Gasteiger partial charge in [0.05, 0.1) is 6.61 Å². The van der Waals surface area contributed by atoms with E-state index >= 15 is 0 Å². The highest BCUT2D eigenvalue weighted by atomic mass is 19.2. The van der Waals surface area contributed by atoms with E-state index in [2.05, 4.69) is 0 Å². The molecular weight excluding hydrogens is 188 g/mol. The van der Waals surface area contributed by atoms with Crippen molar-refractivity contribution in [2.45, 2.75) is 6.42 Å². The number of benzene rings is 1. The molecule has 1 aromatic carbocycles. The molecule has 0 saturated carbocycles. The summed E-state index contributed by atoms with van der Waals surface area (Å²) in [5.41, 5.74) is -0.439. The fourth-order valence-electron chi connectivity index (χ4n) is 0.914. The van der Waals surface area contributed by atoms with Crippen molar-refractivity contribution in [2.75, 3.05) is 6.61 Å². The van der Waals surface area contributed by atoms with E-state index in [4.69, 9.17) is 0 Å². The average molecular weight is 193 g/mol. The second-order valence-corrected chi connectivity index (χ2v) is 2.41. The van der Waals surface area contributed by atoms with Gasteiger partial charge in [-0.05, 0) is 11.6 Å². The number of rotatable bonds is 2. The summed E-state index contributed by atoms with van der Waals surface area (Å²) in [5.74, 6) is -6.70. The summed E-state index contributed by atoms with van der Waals surface area (Å²) >= 11 is 0. The fourth-order valence-corrected chi connectivity index (χ4v) is 0.914. The van der Waals surface area contributed by atoms with Crippen LogP contribution in [0.1, 0.15) is 5.56 Å². The molecule has 0 heterocycles. The lowest BCUT2D eigenvalue weighted by molar-refractivity contribution is 0.195. The van der Waals surface area contributed by atoms with E-state index < -0.39 is 35.4 Å². The van der Waals surface area contributed by atoms with Crippen molar-refractivity contribution >= 4 is 0 Å². The Morgan fingerprint density at radius 1 is 1.00 bits per heavy atom. The lowest BCUT2D eigenvalue weighted by atomic mass is 10.1. The molecule has 1 aromatic rings. The second kappa shape index (κ2) is 3.74. The summed E-state index contributed by atoms with van der Waals surface area (Å²) < 4.78 is 50.0. The summed E-state index contributed by atoms with van der Waals surface area (Å²) in [7, 11) is 0. The van der Waals surface area contributed by atoms with Crippen LogP contribution in [0.2, 0.25) is 0 Å². The van der Waals surface area contributed by atoms with Crippen LogP contribution >= 0.6 is 0 Å². The molecule has 0 amide bonds. The van der Waals surface area contributed by atoms with E-state index in [9.17, 15) is 22.7 Å². The van der Waals surface area contributed by atoms with Gasteiger partial charge < -0.3 is 0 Å². The molecule has 0 spiro atoms.